The lowest BCUT2D eigenvalue weighted by Gasteiger charge is -2.20. The van der Waals surface area contributed by atoms with Gasteiger partial charge in [-0.3, -0.25) is 8.98 Å². The minimum atomic E-state index is -3.89. The molecule has 0 aliphatic carbocycles. The zero-order chi connectivity index (χ0) is 17.3. The fraction of sp³-hybridized carbons (Fsp3) is 0.235. The molecule has 126 valence electrons. The lowest BCUT2D eigenvalue weighted by molar-refractivity contribution is 0.0126. The Morgan fingerprint density at radius 1 is 1.12 bits per heavy atom. The molecule has 7 heteroatoms. The largest absolute Gasteiger partial charge is 0.369 e. The average molecular weight is 347 g/mol. The summed E-state index contributed by atoms with van der Waals surface area (Å²) in [4.78, 5) is 13.5. The van der Waals surface area contributed by atoms with Gasteiger partial charge in [0, 0.05) is 17.7 Å². The molecule has 1 N–H and O–H groups in total. The minimum absolute atomic E-state index is 0.0280. The highest BCUT2D eigenvalue weighted by molar-refractivity contribution is 7.86. The Morgan fingerprint density at radius 2 is 1.79 bits per heavy atom. The van der Waals surface area contributed by atoms with E-state index in [4.69, 9.17) is 4.18 Å². The molecular weight excluding hydrogens is 330 g/mol. The van der Waals surface area contributed by atoms with E-state index in [1.807, 2.05) is 6.92 Å². The zero-order valence-corrected chi connectivity index (χ0v) is 13.9. The van der Waals surface area contributed by atoms with Gasteiger partial charge in [0.2, 0.25) is 0 Å². The topological polar surface area (TPSA) is 83.9 Å². The summed E-state index contributed by atoms with van der Waals surface area (Å²) < 4.78 is 29.2. The standard InChI is InChI=1S/C17H17NO5S/c1-12-6-8-13(9-7-12)24(21,22)23-11-10-18-16(19)14-4-2-3-5-15(14)17(18)20/h2-9,16,19H,10-11H2,1H3. The van der Waals surface area contributed by atoms with Crippen LogP contribution in [0.2, 0.25) is 0 Å². The van der Waals surface area contributed by atoms with Crippen LogP contribution in [0.3, 0.4) is 0 Å². The molecule has 6 nitrogen and oxygen atoms in total. The highest BCUT2D eigenvalue weighted by atomic mass is 32.2. The molecule has 1 atom stereocenters. The SMILES string of the molecule is Cc1ccc(S(=O)(=O)OCCN2C(=O)c3ccccc3C2O)cc1. The normalized spacial score (nSPS) is 17.2. The van der Waals surface area contributed by atoms with Crippen molar-refractivity contribution < 1.29 is 22.5 Å². The van der Waals surface area contributed by atoms with Crippen LogP contribution in [0, 0.1) is 6.92 Å². The Kier molecular flexibility index (Phi) is 4.40. The van der Waals surface area contributed by atoms with Gasteiger partial charge in [-0.25, -0.2) is 0 Å². The van der Waals surface area contributed by atoms with E-state index in [1.54, 1.807) is 36.4 Å². The first kappa shape index (κ1) is 16.6. The second kappa shape index (κ2) is 6.35. The molecule has 0 saturated heterocycles. The van der Waals surface area contributed by atoms with Gasteiger partial charge in [0.15, 0.2) is 6.23 Å². The number of hydrogen-bond acceptors (Lipinski definition) is 5. The van der Waals surface area contributed by atoms with Crippen molar-refractivity contribution in [1.29, 1.82) is 0 Å². The number of amides is 1. The maximum Gasteiger partial charge on any atom is 0.297 e. The number of aliphatic hydroxyl groups excluding tert-OH is 1. The fourth-order valence-corrected chi connectivity index (χ4v) is 3.49. The van der Waals surface area contributed by atoms with Crippen LogP contribution in [0.4, 0.5) is 0 Å². The maximum atomic E-state index is 12.2. The molecule has 2 aromatic rings. The molecule has 3 rings (SSSR count). The summed E-state index contributed by atoms with van der Waals surface area (Å²) in [6.45, 7) is 1.60. The molecule has 0 aromatic heterocycles. The number of carbonyl (C=O) groups excluding carboxylic acids is 1. The summed E-state index contributed by atoms with van der Waals surface area (Å²) in [7, 11) is -3.89. The third-order valence-corrected chi connectivity index (χ3v) is 5.23. The molecule has 1 amide bonds. The molecular formula is C17H17NO5S. The lowest BCUT2D eigenvalue weighted by Crippen LogP contribution is -2.32. The van der Waals surface area contributed by atoms with Crippen molar-refractivity contribution in [2.75, 3.05) is 13.2 Å². The Labute approximate surface area is 140 Å². The molecule has 24 heavy (non-hydrogen) atoms. The highest BCUT2D eigenvalue weighted by Crippen LogP contribution is 2.30. The smallest absolute Gasteiger partial charge is 0.297 e. The van der Waals surface area contributed by atoms with Crippen molar-refractivity contribution >= 4 is 16.0 Å². The summed E-state index contributed by atoms with van der Waals surface area (Å²) in [5.74, 6) is -0.338. The van der Waals surface area contributed by atoms with Gasteiger partial charge >= 0.3 is 0 Å². The van der Waals surface area contributed by atoms with Crippen molar-refractivity contribution in [3.8, 4) is 0 Å². The summed E-state index contributed by atoms with van der Waals surface area (Å²) >= 11 is 0. The summed E-state index contributed by atoms with van der Waals surface area (Å²) in [5, 5.41) is 10.2. The van der Waals surface area contributed by atoms with Gasteiger partial charge in [-0.1, -0.05) is 35.9 Å². The summed E-state index contributed by atoms with van der Waals surface area (Å²) in [6, 6.07) is 13.0. The van der Waals surface area contributed by atoms with Crippen molar-refractivity contribution in [2.45, 2.75) is 18.0 Å². The Balaban J connectivity index is 1.65. The van der Waals surface area contributed by atoms with Crippen molar-refractivity contribution in [1.82, 2.24) is 4.90 Å². The first-order valence-corrected chi connectivity index (χ1v) is 8.85. The predicted molar refractivity (Wildman–Crippen MR) is 86.8 cm³/mol. The molecule has 2 aromatic carbocycles. The van der Waals surface area contributed by atoms with E-state index in [-0.39, 0.29) is 24.0 Å². The number of aliphatic hydroxyl groups is 1. The van der Waals surface area contributed by atoms with Crippen LogP contribution in [-0.2, 0) is 14.3 Å². The Morgan fingerprint density at radius 3 is 2.46 bits per heavy atom. The van der Waals surface area contributed by atoms with Crippen LogP contribution in [0.1, 0.15) is 27.7 Å². The van der Waals surface area contributed by atoms with E-state index >= 15 is 0 Å². The Hall–Kier alpha value is -2.22. The lowest BCUT2D eigenvalue weighted by atomic mass is 10.1. The monoisotopic (exact) mass is 347 g/mol. The molecule has 0 bridgehead atoms. The average Bonchev–Trinajstić information content (AvgIpc) is 2.80. The van der Waals surface area contributed by atoms with Crippen molar-refractivity contribution in [3.05, 3.63) is 65.2 Å². The number of nitrogens with zero attached hydrogens (tertiary/aromatic N) is 1. The Bertz CT molecular complexity index is 861. The van der Waals surface area contributed by atoms with Crippen LogP contribution in [0.15, 0.2) is 53.4 Å². The predicted octanol–water partition coefficient (Wildman–Crippen LogP) is 1.85. The number of hydrogen-bond donors (Lipinski definition) is 1. The number of aryl methyl sites for hydroxylation is 1. The van der Waals surface area contributed by atoms with Crippen LogP contribution >= 0.6 is 0 Å². The summed E-state index contributed by atoms with van der Waals surface area (Å²) in [5.41, 5.74) is 1.88. The van der Waals surface area contributed by atoms with E-state index < -0.39 is 16.3 Å². The molecule has 1 aliphatic heterocycles. The van der Waals surface area contributed by atoms with Crippen LogP contribution < -0.4 is 0 Å². The van der Waals surface area contributed by atoms with E-state index in [9.17, 15) is 18.3 Å². The first-order chi connectivity index (χ1) is 11.4. The molecule has 0 spiro atoms. The molecule has 0 saturated carbocycles. The van der Waals surface area contributed by atoms with Gasteiger partial charge in [-0.2, -0.15) is 8.42 Å². The van der Waals surface area contributed by atoms with Gasteiger partial charge < -0.3 is 10.0 Å². The van der Waals surface area contributed by atoms with E-state index in [0.29, 0.717) is 11.1 Å². The zero-order valence-electron chi connectivity index (χ0n) is 13.0. The van der Waals surface area contributed by atoms with Crippen molar-refractivity contribution in [2.24, 2.45) is 0 Å². The molecule has 0 radical (unpaired) electrons. The van der Waals surface area contributed by atoms with Crippen LogP contribution in [0.25, 0.3) is 0 Å². The van der Waals surface area contributed by atoms with E-state index in [0.717, 1.165) is 5.56 Å². The number of benzene rings is 2. The van der Waals surface area contributed by atoms with Gasteiger partial charge in [0.1, 0.15) is 0 Å². The second-order valence-electron chi connectivity index (χ2n) is 5.55. The molecule has 0 fully saturated rings. The molecule has 1 aliphatic rings. The van der Waals surface area contributed by atoms with Gasteiger partial charge in [-0.15, -0.1) is 0 Å². The van der Waals surface area contributed by atoms with Crippen LogP contribution in [0.5, 0.6) is 0 Å². The highest BCUT2D eigenvalue weighted by Gasteiger charge is 2.34. The minimum Gasteiger partial charge on any atom is -0.369 e. The quantitative estimate of drug-likeness (QED) is 0.835. The number of fused-ring (bicyclic) bond motifs is 1. The molecule has 1 heterocycles. The fourth-order valence-electron chi connectivity index (χ4n) is 2.59. The van der Waals surface area contributed by atoms with Crippen LogP contribution in [-0.4, -0.2) is 37.5 Å². The first-order valence-electron chi connectivity index (χ1n) is 7.44. The van der Waals surface area contributed by atoms with Gasteiger partial charge in [0.05, 0.1) is 11.5 Å². The van der Waals surface area contributed by atoms with E-state index in [1.165, 1.54) is 17.0 Å². The third kappa shape index (κ3) is 3.06. The van der Waals surface area contributed by atoms with Gasteiger partial charge in [0.25, 0.3) is 16.0 Å². The maximum absolute atomic E-state index is 12.2. The third-order valence-electron chi connectivity index (χ3n) is 3.91. The molecule has 1 unspecified atom stereocenters. The number of carbonyl (C=O) groups is 1. The summed E-state index contributed by atoms with van der Waals surface area (Å²) in [6.07, 6.45) is -1.08. The number of rotatable bonds is 5. The van der Waals surface area contributed by atoms with Gasteiger partial charge in [-0.05, 0) is 25.1 Å². The van der Waals surface area contributed by atoms with Crippen molar-refractivity contribution in [3.63, 3.8) is 0 Å². The van der Waals surface area contributed by atoms with E-state index in [2.05, 4.69) is 0 Å². The second-order valence-corrected chi connectivity index (χ2v) is 7.16.